The van der Waals surface area contributed by atoms with E-state index in [-0.39, 0.29) is 5.54 Å². The molecule has 0 bridgehead atoms. The van der Waals surface area contributed by atoms with Gasteiger partial charge in [0.25, 0.3) is 0 Å². The standard InChI is InChI=1S/C15H25NO/c1-12(11-16-15(2,3)4)10-13-6-8-14(17-5)9-7-13/h6-9,12,16H,10-11H2,1-5H3. The molecule has 1 atom stereocenters. The van der Waals surface area contributed by atoms with Crippen molar-refractivity contribution in [2.45, 2.75) is 39.7 Å². The summed E-state index contributed by atoms with van der Waals surface area (Å²) in [6.45, 7) is 9.94. The van der Waals surface area contributed by atoms with Crippen LogP contribution in [0.25, 0.3) is 0 Å². The number of methoxy groups -OCH3 is 1. The van der Waals surface area contributed by atoms with Crippen molar-refractivity contribution in [1.29, 1.82) is 0 Å². The van der Waals surface area contributed by atoms with Crippen LogP contribution in [0.2, 0.25) is 0 Å². The Bertz CT molecular complexity index is 324. The smallest absolute Gasteiger partial charge is 0.118 e. The van der Waals surface area contributed by atoms with Gasteiger partial charge < -0.3 is 10.1 Å². The fourth-order valence-electron chi connectivity index (χ4n) is 1.72. The third-order valence-electron chi connectivity index (χ3n) is 2.72. The summed E-state index contributed by atoms with van der Waals surface area (Å²) in [5.74, 6) is 1.57. The van der Waals surface area contributed by atoms with Crippen molar-refractivity contribution >= 4 is 0 Å². The highest BCUT2D eigenvalue weighted by Gasteiger charge is 2.11. The maximum absolute atomic E-state index is 5.15. The highest BCUT2D eigenvalue weighted by molar-refractivity contribution is 5.27. The van der Waals surface area contributed by atoms with E-state index in [1.807, 2.05) is 12.1 Å². The topological polar surface area (TPSA) is 21.3 Å². The second kappa shape index (κ2) is 6.06. The summed E-state index contributed by atoms with van der Waals surface area (Å²) < 4.78 is 5.15. The third kappa shape index (κ3) is 5.73. The molecule has 0 aliphatic heterocycles. The molecular formula is C15H25NO. The van der Waals surface area contributed by atoms with E-state index in [0.29, 0.717) is 5.92 Å². The van der Waals surface area contributed by atoms with Crippen LogP contribution in [0.4, 0.5) is 0 Å². The summed E-state index contributed by atoms with van der Waals surface area (Å²) in [5.41, 5.74) is 1.57. The van der Waals surface area contributed by atoms with Crippen molar-refractivity contribution in [3.63, 3.8) is 0 Å². The summed E-state index contributed by atoms with van der Waals surface area (Å²) in [5, 5.41) is 3.54. The van der Waals surface area contributed by atoms with E-state index >= 15 is 0 Å². The number of nitrogens with one attached hydrogen (secondary N) is 1. The van der Waals surface area contributed by atoms with Gasteiger partial charge in [0.15, 0.2) is 0 Å². The molecule has 2 heteroatoms. The summed E-state index contributed by atoms with van der Waals surface area (Å²) in [4.78, 5) is 0. The molecule has 0 aliphatic carbocycles. The molecule has 0 saturated heterocycles. The second-order valence-electron chi connectivity index (χ2n) is 5.79. The minimum atomic E-state index is 0.203. The van der Waals surface area contributed by atoms with Crippen LogP contribution in [0.1, 0.15) is 33.3 Å². The molecule has 1 rings (SSSR count). The molecular weight excluding hydrogens is 210 g/mol. The van der Waals surface area contributed by atoms with Gasteiger partial charge in [-0.25, -0.2) is 0 Å². The Morgan fingerprint density at radius 1 is 1.18 bits per heavy atom. The van der Waals surface area contributed by atoms with Crippen LogP contribution in [-0.4, -0.2) is 19.2 Å². The Labute approximate surface area is 105 Å². The van der Waals surface area contributed by atoms with Crippen LogP contribution in [0.5, 0.6) is 5.75 Å². The monoisotopic (exact) mass is 235 g/mol. The van der Waals surface area contributed by atoms with Crippen molar-refractivity contribution in [1.82, 2.24) is 5.32 Å². The average molecular weight is 235 g/mol. The van der Waals surface area contributed by atoms with Crippen LogP contribution in [0.3, 0.4) is 0 Å². The third-order valence-corrected chi connectivity index (χ3v) is 2.72. The molecule has 0 radical (unpaired) electrons. The Morgan fingerprint density at radius 2 is 1.76 bits per heavy atom. The first-order chi connectivity index (χ1) is 7.90. The fourth-order valence-corrected chi connectivity index (χ4v) is 1.72. The zero-order valence-electron chi connectivity index (χ0n) is 11.7. The maximum atomic E-state index is 5.15. The molecule has 1 aromatic rings. The fraction of sp³-hybridized carbons (Fsp3) is 0.600. The zero-order valence-corrected chi connectivity index (χ0v) is 11.7. The Balaban J connectivity index is 2.42. The molecule has 0 spiro atoms. The van der Waals surface area contributed by atoms with Crippen molar-refractivity contribution < 1.29 is 4.74 Å². The van der Waals surface area contributed by atoms with E-state index in [0.717, 1.165) is 18.7 Å². The van der Waals surface area contributed by atoms with Crippen molar-refractivity contribution in [2.24, 2.45) is 5.92 Å². The van der Waals surface area contributed by atoms with Gasteiger partial charge in [-0.3, -0.25) is 0 Å². The molecule has 1 aromatic carbocycles. The highest BCUT2D eigenvalue weighted by atomic mass is 16.5. The number of hydrogen-bond donors (Lipinski definition) is 1. The summed E-state index contributed by atoms with van der Waals surface area (Å²) in [6.07, 6.45) is 1.10. The van der Waals surface area contributed by atoms with Crippen LogP contribution in [0.15, 0.2) is 24.3 Å². The second-order valence-corrected chi connectivity index (χ2v) is 5.79. The molecule has 0 fully saturated rings. The lowest BCUT2D eigenvalue weighted by molar-refractivity contribution is 0.381. The van der Waals surface area contributed by atoms with Crippen LogP contribution in [0, 0.1) is 5.92 Å². The van der Waals surface area contributed by atoms with Gasteiger partial charge in [0.05, 0.1) is 7.11 Å². The van der Waals surface area contributed by atoms with Crippen LogP contribution >= 0.6 is 0 Å². The predicted octanol–water partition coefficient (Wildman–Crippen LogP) is 3.26. The number of rotatable bonds is 5. The molecule has 2 nitrogen and oxygen atoms in total. The van der Waals surface area contributed by atoms with Gasteiger partial charge in [0, 0.05) is 5.54 Å². The SMILES string of the molecule is COc1ccc(CC(C)CNC(C)(C)C)cc1. The van der Waals surface area contributed by atoms with E-state index in [4.69, 9.17) is 4.74 Å². The Hall–Kier alpha value is -1.02. The zero-order chi connectivity index (χ0) is 12.9. The summed E-state index contributed by atoms with van der Waals surface area (Å²) in [7, 11) is 1.70. The van der Waals surface area contributed by atoms with Gasteiger partial charge in [-0.1, -0.05) is 19.1 Å². The first kappa shape index (κ1) is 14.0. The van der Waals surface area contributed by atoms with E-state index in [1.54, 1.807) is 7.11 Å². The first-order valence-corrected chi connectivity index (χ1v) is 6.28. The number of ether oxygens (including phenoxy) is 1. The first-order valence-electron chi connectivity index (χ1n) is 6.28. The summed E-state index contributed by atoms with van der Waals surface area (Å²) >= 11 is 0. The van der Waals surface area contributed by atoms with Crippen LogP contribution in [-0.2, 0) is 6.42 Å². The average Bonchev–Trinajstić information content (AvgIpc) is 2.27. The van der Waals surface area contributed by atoms with Gasteiger partial charge in [-0.15, -0.1) is 0 Å². The molecule has 0 heterocycles. The van der Waals surface area contributed by atoms with E-state index in [9.17, 15) is 0 Å². The lowest BCUT2D eigenvalue weighted by Crippen LogP contribution is -2.38. The Morgan fingerprint density at radius 3 is 2.24 bits per heavy atom. The molecule has 0 aliphatic rings. The Kier molecular flexibility index (Phi) is 5.01. The van der Waals surface area contributed by atoms with Crippen molar-refractivity contribution in [3.8, 4) is 5.75 Å². The van der Waals surface area contributed by atoms with Crippen molar-refractivity contribution in [3.05, 3.63) is 29.8 Å². The molecule has 1 N–H and O–H groups in total. The quantitative estimate of drug-likeness (QED) is 0.846. The summed E-state index contributed by atoms with van der Waals surface area (Å²) in [6, 6.07) is 8.34. The molecule has 0 saturated carbocycles. The molecule has 1 unspecified atom stereocenters. The molecule has 0 amide bonds. The van der Waals surface area contributed by atoms with E-state index in [2.05, 4.69) is 45.1 Å². The van der Waals surface area contributed by atoms with Gasteiger partial charge in [0.1, 0.15) is 5.75 Å². The predicted molar refractivity (Wildman–Crippen MR) is 73.6 cm³/mol. The van der Waals surface area contributed by atoms with Gasteiger partial charge in [-0.05, 0) is 57.4 Å². The normalized spacial score (nSPS) is 13.5. The molecule has 0 aromatic heterocycles. The maximum Gasteiger partial charge on any atom is 0.118 e. The number of hydrogen-bond acceptors (Lipinski definition) is 2. The van der Waals surface area contributed by atoms with Gasteiger partial charge >= 0.3 is 0 Å². The van der Waals surface area contributed by atoms with Crippen molar-refractivity contribution in [2.75, 3.05) is 13.7 Å². The lowest BCUT2D eigenvalue weighted by Gasteiger charge is -2.23. The molecule has 96 valence electrons. The van der Waals surface area contributed by atoms with Gasteiger partial charge in [0.2, 0.25) is 0 Å². The van der Waals surface area contributed by atoms with E-state index in [1.165, 1.54) is 5.56 Å². The molecule has 17 heavy (non-hydrogen) atoms. The largest absolute Gasteiger partial charge is 0.497 e. The minimum absolute atomic E-state index is 0.203. The van der Waals surface area contributed by atoms with Crippen LogP contribution < -0.4 is 10.1 Å². The lowest BCUT2D eigenvalue weighted by atomic mass is 9.99. The van der Waals surface area contributed by atoms with E-state index < -0.39 is 0 Å². The minimum Gasteiger partial charge on any atom is -0.497 e. The number of benzene rings is 1. The van der Waals surface area contributed by atoms with Gasteiger partial charge in [-0.2, -0.15) is 0 Å². The highest BCUT2D eigenvalue weighted by Crippen LogP contribution is 2.14.